The molecule has 6 heteroatoms. The van der Waals surface area contributed by atoms with Crippen LogP contribution in [0.4, 0.5) is 0 Å². The second-order valence-electron chi connectivity index (χ2n) is 7.51. The molecule has 0 radical (unpaired) electrons. The van der Waals surface area contributed by atoms with Crippen LogP contribution in [-0.4, -0.2) is 19.7 Å². The minimum absolute atomic E-state index is 0.0155. The number of hydrogen-bond donors (Lipinski definition) is 1. The fourth-order valence-electron chi connectivity index (χ4n) is 3.57. The number of aldehydes is 1. The lowest BCUT2D eigenvalue weighted by Crippen LogP contribution is -2.11. The lowest BCUT2D eigenvalue weighted by Gasteiger charge is -2.14. The van der Waals surface area contributed by atoms with E-state index in [9.17, 15) is 13.2 Å². The average Bonchev–Trinajstić information content (AvgIpc) is 3.24. The molecule has 0 aliphatic carbocycles. The van der Waals surface area contributed by atoms with Crippen molar-refractivity contribution in [2.24, 2.45) is 0 Å². The molecule has 5 nitrogen and oxygen atoms in total. The van der Waals surface area contributed by atoms with Crippen molar-refractivity contribution < 1.29 is 17.9 Å². The molecule has 1 atom stereocenters. The molecule has 1 heterocycles. The molecule has 1 aromatic heterocycles. The van der Waals surface area contributed by atoms with Gasteiger partial charge >= 0.3 is 0 Å². The fourth-order valence-corrected chi connectivity index (χ4v) is 5.15. The van der Waals surface area contributed by atoms with Crippen LogP contribution in [0.3, 0.4) is 0 Å². The van der Waals surface area contributed by atoms with Crippen molar-refractivity contribution in [3.8, 4) is 5.75 Å². The molecule has 0 spiro atoms. The molecule has 0 saturated heterocycles. The van der Waals surface area contributed by atoms with Crippen molar-refractivity contribution in [2.45, 2.75) is 29.2 Å². The van der Waals surface area contributed by atoms with Crippen LogP contribution in [0.2, 0.25) is 0 Å². The second kappa shape index (κ2) is 9.24. The van der Waals surface area contributed by atoms with Crippen LogP contribution in [0.1, 0.15) is 28.3 Å². The number of aryl methyl sites for hydroxylation is 1. The number of sulfone groups is 1. The molecule has 0 aliphatic heterocycles. The summed E-state index contributed by atoms with van der Waals surface area (Å²) in [6, 6.07) is 25.2. The number of carbonyl (C=O) groups excluding carboxylic acids is 1. The van der Waals surface area contributed by atoms with E-state index in [-0.39, 0.29) is 27.8 Å². The van der Waals surface area contributed by atoms with Crippen molar-refractivity contribution in [1.82, 2.24) is 4.98 Å². The molecule has 1 unspecified atom stereocenters. The first kappa shape index (κ1) is 21.6. The Labute approximate surface area is 187 Å². The third-order valence-electron chi connectivity index (χ3n) is 5.27. The number of carbonyl (C=O) groups is 1. The Hall–Kier alpha value is -3.64. The fraction of sp³-hybridized carbons (Fsp3) is 0.115. The lowest BCUT2D eigenvalue weighted by molar-refractivity contribution is -0.108. The highest BCUT2D eigenvalue weighted by Crippen LogP contribution is 2.38. The topological polar surface area (TPSA) is 76.2 Å². The van der Waals surface area contributed by atoms with Crippen molar-refractivity contribution in [3.63, 3.8) is 0 Å². The smallest absolute Gasteiger partial charge is 0.212 e. The van der Waals surface area contributed by atoms with Crippen LogP contribution in [0.25, 0.3) is 0 Å². The maximum Gasteiger partial charge on any atom is 0.212 e. The molecule has 0 bridgehead atoms. The Morgan fingerprint density at radius 2 is 1.53 bits per heavy atom. The van der Waals surface area contributed by atoms with E-state index in [1.807, 2.05) is 55.5 Å². The summed E-state index contributed by atoms with van der Waals surface area (Å²) in [5.41, 5.74) is 2.84. The quantitative estimate of drug-likeness (QED) is 0.384. The lowest BCUT2D eigenvalue weighted by atomic mass is 9.97. The van der Waals surface area contributed by atoms with Gasteiger partial charge in [0.15, 0.2) is 5.75 Å². The molecular formula is C26H23NO4S. The molecule has 162 valence electrons. The zero-order valence-electron chi connectivity index (χ0n) is 17.6. The van der Waals surface area contributed by atoms with Crippen molar-refractivity contribution >= 4 is 16.1 Å². The Kier molecular flexibility index (Phi) is 6.23. The van der Waals surface area contributed by atoms with Crippen LogP contribution >= 0.6 is 0 Å². The Morgan fingerprint density at radius 1 is 0.906 bits per heavy atom. The minimum atomic E-state index is -3.96. The van der Waals surface area contributed by atoms with E-state index in [0.717, 1.165) is 17.4 Å². The van der Waals surface area contributed by atoms with Crippen molar-refractivity contribution in [2.75, 3.05) is 0 Å². The molecule has 1 N–H and O–H groups in total. The van der Waals surface area contributed by atoms with Gasteiger partial charge in [0.25, 0.3) is 0 Å². The second-order valence-corrected chi connectivity index (χ2v) is 9.40. The van der Waals surface area contributed by atoms with E-state index in [1.165, 1.54) is 6.20 Å². The van der Waals surface area contributed by atoms with Crippen molar-refractivity contribution in [3.05, 3.63) is 114 Å². The third kappa shape index (κ3) is 4.36. The number of hydrogen-bond acceptors (Lipinski definition) is 4. The summed E-state index contributed by atoms with van der Waals surface area (Å²) in [4.78, 5) is 15.2. The standard InChI is InChI=1S/C26H23NO4S/c1-19-12-14-22(15-13-19)32(29,30)26-24(31-18-20-8-4-2-5-9-20)16-27-25(26)23(17-28)21-10-6-3-7-11-21/h2-17,23,27H,18H2,1H3. The highest BCUT2D eigenvalue weighted by molar-refractivity contribution is 7.91. The SMILES string of the molecule is Cc1ccc(S(=O)(=O)c2c(OCc3ccccc3)c[nH]c2C(C=O)c2ccccc2)cc1. The monoisotopic (exact) mass is 445 g/mol. The molecule has 0 aliphatic rings. The van der Waals surface area contributed by atoms with Crippen LogP contribution < -0.4 is 4.74 Å². The first-order valence-corrected chi connectivity index (χ1v) is 11.7. The normalized spacial score (nSPS) is 12.3. The van der Waals surface area contributed by atoms with Gasteiger partial charge in [0.1, 0.15) is 17.8 Å². The number of ether oxygens (including phenoxy) is 1. The van der Waals surface area contributed by atoms with Gasteiger partial charge in [-0.25, -0.2) is 8.42 Å². The molecule has 0 amide bonds. The average molecular weight is 446 g/mol. The molecule has 3 aromatic carbocycles. The van der Waals surface area contributed by atoms with E-state index in [2.05, 4.69) is 4.98 Å². The Morgan fingerprint density at radius 3 is 2.16 bits per heavy atom. The van der Waals surface area contributed by atoms with Gasteiger partial charge < -0.3 is 14.5 Å². The minimum Gasteiger partial charge on any atom is -0.486 e. The zero-order chi connectivity index (χ0) is 22.6. The van der Waals surface area contributed by atoms with E-state index in [1.54, 1.807) is 36.4 Å². The molecular weight excluding hydrogens is 422 g/mol. The Balaban J connectivity index is 1.82. The summed E-state index contributed by atoms with van der Waals surface area (Å²) in [6.45, 7) is 2.09. The number of rotatable bonds is 8. The van der Waals surface area contributed by atoms with Gasteiger partial charge in [-0.3, -0.25) is 0 Å². The van der Waals surface area contributed by atoms with E-state index in [0.29, 0.717) is 5.56 Å². The predicted octanol–water partition coefficient (Wildman–Crippen LogP) is 5.07. The number of benzene rings is 3. The van der Waals surface area contributed by atoms with Crippen molar-refractivity contribution in [1.29, 1.82) is 0 Å². The molecule has 4 aromatic rings. The molecule has 0 saturated carbocycles. The van der Waals surface area contributed by atoms with Crippen LogP contribution in [-0.2, 0) is 21.2 Å². The molecule has 32 heavy (non-hydrogen) atoms. The summed E-state index contributed by atoms with van der Waals surface area (Å²) in [5, 5.41) is 0. The summed E-state index contributed by atoms with van der Waals surface area (Å²) >= 11 is 0. The molecule has 4 rings (SSSR count). The van der Waals surface area contributed by atoms with Gasteiger partial charge in [0.05, 0.1) is 16.5 Å². The number of H-pyrrole nitrogens is 1. The van der Waals surface area contributed by atoms with E-state index in [4.69, 9.17) is 4.74 Å². The van der Waals surface area contributed by atoms with Gasteiger partial charge in [0, 0.05) is 6.20 Å². The zero-order valence-corrected chi connectivity index (χ0v) is 18.4. The number of aromatic nitrogens is 1. The highest BCUT2D eigenvalue weighted by atomic mass is 32.2. The van der Waals surface area contributed by atoms with Crippen LogP contribution in [0.15, 0.2) is 101 Å². The predicted molar refractivity (Wildman–Crippen MR) is 123 cm³/mol. The van der Waals surface area contributed by atoms with Gasteiger partial charge in [-0.15, -0.1) is 0 Å². The summed E-state index contributed by atoms with van der Waals surface area (Å²) in [7, 11) is -3.96. The van der Waals surface area contributed by atoms with Gasteiger partial charge in [-0.2, -0.15) is 0 Å². The van der Waals surface area contributed by atoms with Crippen LogP contribution in [0.5, 0.6) is 5.75 Å². The maximum atomic E-state index is 13.7. The maximum absolute atomic E-state index is 13.7. The van der Waals surface area contributed by atoms with Gasteiger partial charge in [-0.1, -0.05) is 78.4 Å². The summed E-state index contributed by atoms with van der Waals surface area (Å²) < 4.78 is 33.3. The van der Waals surface area contributed by atoms with E-state index < -0.39 is 15.8 Å². The largest absolute Gasteiger partial charge is 0.486 e. The first-order valence-electron chi connectivity index (χ1n) is 10.2. The van der Waals surface area contributed by atoms with Crippen LogP contribution in [0, 0.1) is 6.92 Å². The number of nitrogens with one attached hydrogen (secondary N) is 1. The van der Waals surface area contributed by atoms with Gasteiger partial charge in [0.2, 0.25) is 9.84 Å². The Bertz CT molecular complexity index is 1300. The van der Waals surface area contributed by atoms with E-state index >= 15 is 0 Å². The molecule has 0 fully saturated rings. The first-order chi connectivity index (χ1) is 15.5. The summed E-state index contributed by atoms with van der Waals surface area (Å²) in [6.07, 6.45) is 2.26. The van der Waals surface area contributed by atoms with Gasteiger partial charge in [-0.05, 0) is 30.2 Å². The highest BCUT2D eigenvalue weighted by Gasteiger charge is 2.32. The summed E-state index contributed by atoms with van der Waals surface area (Å²) in [5.74, 6) is -0.590. The number of aromatic amines is 1. The third-order valence-corrected chi connectivity index (χ3v) is 7.12.